The van der Waals surface area contributed by atoms with Crippen LogP contribution in [-0.4, -0.2) is 13.0 Å². The molecule has 0 aliphatic carbocycles. The maximum absolute atomic E-state index is 11.0. The van der Waals surface area contributed by atoms with Crippen LogP contribution in [0, 0.1) is 17.2 Å². The molecule has 1 rings (SSSR count). The van der Waals surface area contributed by atoms with E-state index < -0.39 is 0 Å². The molecule has 1 unspecified atom stereocenters. The quantitative estimate of drug-likeness (QED) is 0.579. The van der Waals surface area contributed by atoms with Crippen molar-refractivity contribution >= 4 is 5.91 Å². The number of nitrogens with zero attached hydrogens (tertiary/aromatic N) is 1. The van der Waals surface area contributed by atoms with E-state index in [0.717, 1.165) is 0 Å². The van der Waals surface area contributed by atoms with Crippen LogP contribution in [0.3, 0.4) is 0 Å². The number of hydrogen-bond donors (Lipinski definition) is 2. The lowest BCUT2D eigenvalue weighted by atomic mass is 9.95. The topological polar surface area (TPSA) is 64.9 Å². The third-order valence-electron chi connectivity index (χ3n) is 1.89. The molecule has 4 nitrogen and oxygen atoms in total. The van der Waals surface area contributed by atoms with Crippen LogP contribution in [0.4, 0.5) is 0 Å². The van der Waals surface area contributed by atoms with Gasteiger partial charge in [0.1, 0.15) is 5.82 Å². The summed E-state index contributed by atoms with van der Waals surface area (Å²) in [6.45, 7) is 1.87. The molecule has 64 valence electrons. The molecule has 0 aromatic carbocycles. The van der Waals surface area contributed by atoms with E-state index in [0.29, 0.717) is 17.8 Å². The lowest BCUT2D eigenvalue weighted by molar-refractivity contribution is -0.121. The van der Waals surface area contributed by atoms with Gasteiger partial charge in [0.2, 0.25) is 5.91 Å². The van der Waals surface area contributed by atoms with Gasteiger partial charge in [0.25, 0.3) is 0 Å². The third-order valence-corrected chi connectivity index (χ3v) is 1.89. The van der Waals surface area contributed by atoms with E-state index in [1.165, 1.54) is 0 Å². The van der Waals surface area contributed by atoms with E-state index in [4.69, 9.17) is 5.26 Å². The summed E-state index contributed by atoms with van der Waals surface area (Å²) in [4.78, 5) is 11.0. The Labute approximate surface area is 71.3 Å². The van der Waals surface area contributed by atoms with Crippen LogP contribution in [-0.2, 0) is 4.79 Å². The number of nitriles is 1. The summed E-state index contributed by atoms with van der Waals surface area (Å²) in [5.74, 6) is 0.526. The van der Waals surface area contributed by atoms with Gasteiger partial charge in [0, 0.05) is 19.4 Å². The number of rotatable bonds is 1. The molecule has 1 atom stereocenters. The van der Waals surface area contributed by atoms with Crippen molar-refractivity contribution in [1.82, 2.24) is 10.6 Å². The Morgan fingerprint density at radius 1 is 1.75 bits per heavy atom. The third kappa shape index (κ3) is 1.40. The summed E-state index contributed by atoms with van der Waals surface area (Å²) in [7, 11) is 1.69. The van der Waals surface area contributed by atoms with E-state index in [1.807, 2.05) is 6.92 Å². The van der Waals surface area contributed by atoms with E-state index in [2.05, 4.69) is 16.7 Å². The molecule has 1 aliphatic rings. The molecular formula is C8H11N3O. The first-order chi connectivity index (χ1) is 5.69. The van der Waals surface area contributed by atoms with Crippen LogP contribution in [0.15, 0.2) is 11.4 Å². The van der Waals surface area contributed by atoms with Crippen molar-refractivity contribution < 1.29 is 4.79 Å². The van der Waals surface area contributed by atoms with E-state index in [-0.39, 0.29) is 11.8 Å². The predicted octanol–water partition coefficient (Wildman–Crippen LogP) is 0.0970. The highest BCUT2D eigenvalue weighted by molar-refractivity contribution is 5.80. The maximum Gasteiger partial charge on any atom is 0.226 e. The van der Waals surface area contributed by atoms with Gasteiger partial charge >= 0.3 is 0 Å². The zero-order chi connectivity index (χ0) is 9.14. The fourth-order valence-electron chi connectivity index (χ4n) is 1.25. The molecule has 0 spiro atoms. The minimum absolute atomic E-state index is 0.0196. The summed E-state index contributed by atoms with van der Waals surface area (Å²) in [6, 6.07) is 2.08. The summed E-state index contributed by atoms with van der Waals surface area (Å²) in [5, 5.41) is 14.1. The second-order valence-corrected chi connectivity index (χ2v) is 2.80. The van der Waals surface area contributed by atoms with Gasteiger partial charge in [-0.15, -0.1) is 0 Å². The summed E-state index contributed by atoms with van der Waals surface area (Å²) >= 11 is 0. The van der Waals surface area contributed by atoms with Gasteiger partial charge in [-0.2, -0.15) is 5.26 Å². The number of carbonyl (C=O) groups is 1. The average Bonchev–Trinajstić information content (AvgIpc) is 2.03. The Kier molecular flexibility index (Phi) is 2.34. The molecule has 12 heavy (non-hydrogen) atoms. The molecule has 0 saturated carbocycles. The second kappa shape index (κ2) is 3.26. The number of carbonyl (C=O) groups excluding carboxylic acids is 1. The molecule has 0 aromatic rings. The van der Waals surface area contributed by atoms with Crippen molar-refractivity contribution in [2.24, 2.45) is 5.92 Å². The summed E-state index contributed by atoms with van der Waals surface area (Å²) in [6.07, 6.45) is 0.397. The smallest absolute Gasteiger partial charge is 0.226 e. The molecule has 1 heterocycles. The highest BCUT2D eigenvalue weighted by Gasteiger charge is 2.23. The minimum Gasteiger partial charge on any atom is -0.374 e. The van der Waals surface area contributed by atoms with Crippen LogP contribution in [0.1, 0.15) is 13.3 Å². The van der Waals surface area contributed by atoms with E-state index in [9.17, 15) is 4.79 Å². The second-order valence-electron chi connectivity index (χ2n) is 2.80. The Morgan fingerprint density at radius 3 is 2.92 bits per heavy atom. The summed E-state index contributed by atoms with van der Waals surface area (Å²) in [5.41, 5.74) is 0.622. The Bertz CT molecular complexity index is 275. The molecule has 1 aliphatic heterocycles. The molecular weight excluding hydrogens is 154 g/mol. The normalized spacial score (nSPS) is 23.1. The highest BCUT2D eigenvalue weighted by Crippen LogP contribution is 2.19. The zero-order valence-electron chi connectivity index (χ0n) is 7.14. The number of nitrogens with one attached hydrogen (secondary N) is 2. The van der Waals surface area contributed by atoms with Gasteiger partial charge < -0.3 is 10.6 Å². The number of allylic oxidation sites excluding steroid dienone is 1. The molecule has 4 heteroatoms. The van der Waals surface area contributed by atoms with Crippen molar-refractivity contribution in [3.05, 3.63) is 11.4 Å². The van der Waals surface area contributed by atoms with Gasteiger partial charge in [0.15, 0.2) is 0 Å². The van der Waals surface area contributed by atoms with E-state index >= 15 is 0 Å². The van der Waals surface area contributed by atoms with Crippen LogP contribution < -0.4 is 10.6 Å². The lowest BCUT2D eigenvalue weighted by Gasteiger charge is -2.21. The Hall–Kier alpha value is -1.50. The SMILES string of the molecule is CNC1=C(C#N)C(C)CC(=O)N1. The van der Waals surface area contributed by atoms with Crippen LogP contribution in [0.2, 0.25) is 0 Å². The first-order valence-corrected chi connectivity index (χ1v) is 3.81. The number of hydrogen-bond acceptors (Lipinski definition) is 3. The van der Waals surface area contributed by atoms with Gasteiger partial charge in [-0.3, -0.25) is 4.79 Å². The maximum atomic E-state index is 11.0. The Morgan fingerprint density at radius 2 is 2.42 bits per heavy atom. The number of amides is 1. The fourth-order valence-corrected chi connectivity index (χ4v) is 1.25. The minimum atomic E-state index is -0.0362. The van der Waals surface area contributed by atoms with Gasteiger partial charge in [-0.25, -0.2) is 0 Å². The molecule has 0 fully saturated rings. The largest absolute Gasteiger partial charge is 0.374 e. The monoisotopic (exact) mass is 165 g/mol. The first-order valence-electron chi connectivity index (χ1n) is 3.81. The fraction of sp³-hybridized carbons (Fsp3) is 0.500. The van der Waals surface area contributed by atoms with Crippen LogP contribution in [0.5, 0.6) is 0 Å². The predicted molar refractivity (Wildman–Crippen MR) is 43.6 cm³/mol. The lowest BCUT2D eigenvalue weighted by Crippen LogP contribution is -2.37. The Balaban J connectivity index is 2.99. The van der Waals surface area contributed by atoms with Crippen molar-refractivity contribution in [2.75, 3.05) is 7.05 Å². The first kappa shape index (κ1) is 8.60. The standard InChI is InChI=1S/C8H11N3O/c1-5-3-7(12)11-8(10-2)6(5)4-9/h5,10H,3H2,1-2H3,(H,11,12). The molecule has 2 N–H and O–H groups in total. The van der Waals surface area contributed by atoms with Crippen molar-refractivity contribution in [2.45, 2.75) is 13.3 Å². The van der Waals surface area contributed by atoms with Gasteiger partial charge in [-0.1, -0.05) is 6.92 Å². The highest BCUT2D eigenvalue weighted by atomic mass is 16.1. The van der Waals surface area contributed by atoms with Crippen molar-refractivity contribution in [1.29, 1.82) is 5.26 Å². The molecule has 1 amide bonds. The van der Waals surface area contributed by atoms with Crippen LogP contribution in [0.25, 0.3) is 0 Å². The van der Waals surface area contributed by atoms with Gasteiger partial charge in [0.05, 0.1) is 11.6 Å². The van der Waals surface area contributed by atoms with Crippen molar-refractivity contribution in [3.8, 4) is 6.07 Å². The van der Waals surface area contributed by atoms with Gasteiger partial charge in [-0.05, 0) is 0 Å². The molecule has 0 bridgehead atoms. The molecule has 0 aromatic heterocycles. The average molecular weight is 165 g/mol. The van der Waals surface area contributed by atoms with Crippen molar-refractivity contribution in [3.63, 3.8) is 0 Å². The van der Waals surface area contributed by atoms with Crippen LogP contribution >= 0.6 is 0 Å². The molecule has 0 radical (unpaired) electrons. The summed E-state index contributed by atoms with van der Waals surface area (Å²) < 4.78 is 0. The zero-order valence-corrected chi connectivity index (χ0v) is 7.14. The van der Waals surface area contributed by atoms with E-state index in [1.54, 1.807) is 7.05 Å². The molecule has 0 saturated heterocycles.